The molecular formula is C37H55F2N5O2S2. The molecule has 0 aromatic heterocycles. The first-order valence-corrected chi connectivity index (χ1v) is 18.8. The number of aliphatic hydroxyl groups excluding tert-OH is 1. The first-order valence-electron chi connectivity index (χ1n) is 16.8. The standard InChI is InChI=1S/C30H35N3OS.C4H9F2NOS.C2H6.CH5N/c1-22-8-10-23(11-9-22)24-12-14-26(15-13-24)30(29(31)34)21-28(30)25-6-5-7-27(20-25)32-35-19-18-33-16-3-2-4-17-33;5-4(6)1-2-7-9-3-8;2*1-2/h5-15,20,28,32H,2-4,16-19,21H2,1H3,(H2,31,34);4,7-8H,1-3H2;1-2H3;2H2,1H3. The van der Waals surface area contributed by atoms with Gasteiger partial charge in [0, 0.05) is 36.9 Å². The van der Waals surface area contributed by atoms with E-state index < -0.39 is 11.8 Å². The lowest BCUT2D eigenvalue weighted by Crippen LogP contribution is -2.31. The van der Waals surface area contributed by atoms with Gasteiger partial charge in [0.15, 0.2) is 0 Å². The first-order chi connectivity index (χ1) is 23.3. The van der Waals surface area contributed by atoms with Gasteiger partial charge in [0.05, 0.1) is 5.41 Å². The summed E-state index contributed by atoms with van der Waals surface area (Å²) in [5.74, 6) is 0.861. The average Bonchev–Trinajstić information content (AvgIpc) is 3.89. The van der Waals surface area contributed by atoms with Crippen LogP contribution in [0.25, 0.3) is 11.1 Å². The van der Waals surface area contributed by atoms with Crippen LogP contribution >= 0.6 is 23.9 Å². The van der Waals surface area contributed by atoms with Crippen LogP contribution in [0.15, 0.2) is 72.8 Å². The molecule has 2 unspecified atom stereocenters. The number of aliphatic hydroxyl groups is 1. The van der Waals surface area contributed by atoms with Gasteiger partial charge in [-0.1, -0.05) is 110 Å². The Kier molecular flexibility index (Phi) is 19.8. The Morgan fingerprint density at radius 3 is 2.19 bits per heavy atom. The highest BCUT2D eigenvalue weighted by Crippen LogP contribution is 2.60. The summed E-state index contributed by atoms with van der Waals surface area (Å²) < 4.78 is 28.8. The van der Waals surface area contributed by atoms with Crippen LogP contribution < -0.4 is 20.9 Å². The maximum absolute atomic E-state index is 12.7. The van der Waals surface area contributed by atoms with Crippen LogP contribution in [0.4, 0.5) is 14.5 Å². The molecule has 2 atom stereocenters. The molecular weight excluding hydrogens is 649 g/mol. The third kappa shape index (κ3) is 13.0. The Labute approximate surface area is 295 Å². The Morgan fingerprint density at radius 1 is 0.979 bits per heavy atom. The summed E-state index contributed by atoms with van der Waals surface area (Å²) in [6.07, 6.45) is 2.39. The molecule has 3 aromatic rings. The fraction of sp³-hybridized carbons (Fsp3) is 0.486. The minimum atomic E-state index is -2.25. The predicted octanol–water partition coefficient (Wildman–Crippen LogP) is 7.55. The maximum Gasteiger partial charge on any atom is 0.239 e. The van der Waals surface area contributed by atoms with E-state index in [2.05, 4.69) is 99.8 Å². The number of nitrogens with two attached hydrogens (primary N) is 2. The van der Waals surface area contributed by atoms with Gasteiger partial charge in [-0.3, -0.25) is 9.52 Å². The zero-order chi connectivity index (χ0) is 35.4. The van der Waals surface area contributed by atoms with Crippen molar-refractivity contribution >= 4 is 35.5 Å². The summed E-state index contributed by atoms with van der Waals surface area (Å²) >= 11 is 2.78. The number of nitrogens with zero attached hydrogens (tertiary/aromatic N) is 1. The molecule has 1 aliphatic carbocycles. The molecule has 5 rings (SSSR count). The largest absolute Gasteiger partial charge is 0.384 e. The summed E-state index contributed by atoms with van der Waals surface area (Å²) in [5, 5.41) is 8.14. The van der Waals surface area contributed by atoms with Gasteiger partial charge in [0.25, 0.3) is 0 Å². The van der Waals surface area contributed by atoms with Crippen LogP contribution in [-0.2, 0) is 10.2 Å². The molecule has 266 valence electrons. The minimum Gasteiger partial charge on any atom is -0.384 e. The predicted molar refractivity (Wildman–Crippen MR) is 202 cm³/mol. The highest BCUT2D eigenvalue weighted by Gasteiger charge is 2.60. The number of piperidine rings is 1. The van der Waals surface area contributed by atoms with Gasteiger partial charge in [-0.05, 0) is 80.7 Å². The molecule has 2 fully saturated rings. The number of carbonyl (C=O) groups is 1. The lowest BCUT2D eigenvalue weighted by Gasteiger charge is -2.26. The molecule has 0 radical (unpaired) electrons. The van der Waals surface area contributed by atoms with Gasteiger partial charge in [-0.25, -0.2) is 8.78 Å². The zero-order valence-electron chi connectivity index (χ0n) is 28.9. The van der Waals surface area contributed by atoms with Crippen molar-refractivity contribution in [1.29, 1.82) is 0 Å². The third-order valence-corrected chi connectivity index (χ3v) is 9.56. The number of carbonyl (C=O) groups excluding carboxylic acids is 1. The Balaban J connectivity index is 0.000000531. The SMILES string of the molecule is CC.CN.Cc1ccc(-c2ccc(C3(C(N)=O)CC3c3cccc(NSCCN4CCCCC4)c3)cc2)cc1.OCSNCCC(F)F. The Bertz CT molecular complexity index is 1310. The molecule has 2 aliphatic rings. The van der Waals surface area contributed by atoms with Crippen molar-refractivity contribution in [2.24, 2.45) is 11.5 Å². The van der Waals surface area contributed by atoms with E-state index in [-0.39, 0.29) is 30.7 Å². The minimum absolute atomic E-state index is 0.0801. The molecule has 3 aromatic carbocycles. The first kappa shape index (κ1) is 41.5. The van der Waals surface area contributed by atoms with Crippen LogP contribution in [-0.4, -0.2) is 67.3 Å². The molecule has 7 nitrogen and oxygen atoms in total. The maximum atomic E-state index is 12.7. The molecule has 0 bridgehead atoms. The van der Waals surface area contributed by atoms with Crippen LogP contribution in [0.1, 0.15) is 68.6 Å². The zero-order valence-corrected chi connectivity index (χ0v) is 30.5. The number of benzene rings is 3. The molecule has 11 heteroatoms. The second-order valence-corrected chi connectivity index (χ2v) is 13.1. The lowest BCUT2D eigenvalue weighted by atomic mass is 9.88. The van der Waals surface area contributed by atoms with Crippen molar-refractivity contribution in [3.05, 3.63) is 89.5 Å². The molecule has 7 N–H and O–H groups in total. The molecule has 48 heavy (non-hydrogen) atoms. The van der Waals surface area contributed by atoms with Gasteiger partial charge in [0.1, 0.15) is 5.94 Å². The Hall–Kier alpha value is -2.67. The second-order valence-electron chi connectivity index (χ2n) is 11.4. The number of alkyl halides is 2. The number of nitrogens with one attached hydrogen (secondary N) is 2. The van der Waals surface area contributed by atoms with Crippen molar-refractivity contribution in [3.63, 3.8) is 0 Å². The number of likely N-dealkylation sites (tertiary alicyclic amines) is 1. The normalized spacial score (nSPS) is 18.3. The van der Waals surface area contributed by atoms with Gasteiger partial charge in [-0.15, -0.1) is 0 Å². The molecule has 1 heterocycles. The molecule has 1 saturated heterocycles. The van der Waals surface area contributed by atoms with Crippen molar-refractivity contribution in [2.75, 3.05) is 49.6 Å². The topological polar surface area (TPSA) is 117 Å². The second kappa shape index (κ2) is 22.9. The van der Waals surface area contributed by atoms with Gasteiger partial charge >= 0.3 is 0 Å². The van der Waals surface area contributed by atoms with Gasteiger partial charge in [0.2, 0.25) is 12.3 Å². The number of amides is 1. The van der Waals surface area contributed by atoms with Crippen molar-refractivity contribution in [2.45, 2.75) is 70.6 Å². The lowest BCUT2D eigenvalue weighted by molar-refractivity contribution is -0.120. The molecule has 0 spiro atoms. The third-order valence-electron chi connectivity index (χ3n) is 8.25. The fourth-order valence-electron chi connectivity index (χ4n) is 5.70. The molecule has 1 saturated carbocycles. The van der Waals surface area contributed by atoms with E-state index >= 15 is 0 Å². The quantitative estimate of drug-likeness (QED) is 0.0665. The summed E-state index contributed by atoms with van der Waals surface area (Å²) in [5.41, 5.74) is 16.7. The smallest absolute Gasteiger partial charge is 0.239 e. The highest BCUT2D eigenvalue weighted by atomic mass is 32.2. The van der Waals surface area contributed by atoms with E-state index in [4.69, 9.17) is 10.8 Å². The van der Waals surface area contributed by atoms with E-state index in [0.29, 0.717) is 0 Å². The molecule has 1 aliphatic heterocycles. The number of aryl methyl sites for hydroxylation is 1. The van der Waals surface area contributed by atoms with Gasteiger partial charge < -0.3 is 26.2 Å². The van der Waals surface area contributed by atoms with E-state index in [9.17, 15) is 13.6 Å². The van der Waals surface area contributed by atoms with Crippen molar-refractivity contribution in [3.8, 4) is 11.1 Å². The van der Waals surface area contributed by atoms with Crippen molar-refractivity contribution in [1.82, 2.24) is 9.62 Å². The summed E-state index contributed by atoms with van der Waals surface area (Å²) in [4.78, 5) is 15.3. The van der Waals surface area contributed by atoms with Crippen molar-refractivity contribution < 1.29 is 18.7 Å². The number of anilines is 1. The van der Waals surface area contributed by atoms with E-state index in [1.807, 2.05) is 13.8 Å². The number of hydrogen-bond acceptors (Lipinski definition) is 8. The Morgan fingerprint density at radius 2 is 1.60 bits per heavy atom. The summed E-state index contributed by atoms with van der Waals surface area (Å²) in [7, 11) is 1.50. The van der Waals surface area contributed by atoms with E-state index in [0.717, 1.165) is 47.5 Å². The van der Waals surface area contributed by atoms with Gasteiger partial charge in [-0.2, -0.15) is 0 Å². The monoisotopic (exact) mass is 703 g/mol. The van der Waals surface area contributed by atoms with Crippen LogP contribution in [0.3, 0.4) is 0 Å². The van der Waals surface area contributed by atoms with Crippen LogP contribution in [0, 0.1) is 6.92 Å². The average molecular weight is 704 g/mol. The molecule has 1 amide bonds. The fourth-order valence-corrected chi connectivity index (χ4v) is 6.80. The van der Waals surface area contributed by atoms with E-state index in [1.165, 1.54) is 56.1 Å². The highest BCUT2D eigenvalue weighted by molar-refractivity contribution is 8.00. The summed E-state index contributed by atoms with van der Waals surface area (Å²) in [6, 6.07) is 25.4. The number of hydrogen-bond donors (Lipinski definition) is 5. The van der Waals surface area contributed by atoms with Crippen LogP contribution in [0.2, 0.25) is 0 Å². The van der Waals surface area contributed by atoms with E-state index in [1.54, 1.807) is 11.9 Å². The summed E-state index contributed by atoms with van der Waals surface area (Å²) in [6.45, 7) is 9.93. The van der Waals surface area contributed by atoms with Crippen LogP contribution in [0.5, 0.6) is 0 Å². The number of halogens is 2. The number of rotatable bonds is 14. The number of primary amides is 1.